The number of fused-ring (bicyclic) bond motifs is 4. The summed E-state index contributed by atoms with van der Waals surface area (Å²) in [5.41, 5.74) is 4.71. The van der Waals surface area contributed by atoms with Crippen molar-refractivity contribution in [3.63, 3.8) is 0 Å². The molecular weight excluding hydrogens is 236 g/mol. The number of ether oxygens (including phenoxy) is 1. The largest absolute Gasteiger partial charge is 0.481 e. The van der Waals surface area contributed by atoms with E-state index in [4.69, 9.17) is 10.5 Å². The summed E-state index contributed by atoms with van der Waals surface area (Å²) in [4.78, 5) is 34.1. The van der Waals surface area contributed by atoms with E-state index in [1.807, 2.05) is 0 Å². The van der Waals surface area contributed by atoms with E-state index in [-0.39, 0.29) is 24.1 Å². The second-order valence-electron chi connectivity index (χ2n) is 4.74. The predicted molar refractivity (Wildman–Crippen MR) is 59.7 cm³/mol. The topological polar surface area (TPSA) is 98.5 Å². The minimum atomic E-state index is -0.795. The molecule has 0 aliphatic carbocycles. The lowest BCUT2D eigenvalue weighted by Gasteiger charge is -2.27. The maximum Gasteiger partial charge on any atom is 0.258 e. The fraction of sp³-hybridized carbons (Fsp3) is 0.417. The molecule has 94 valence electrons. The fourth-order valence-corrected chi connectivity index (χ4v) is 2.84. The van der Waals surface area contributed by atoms with Crippen molar-refractivity contribution in [2.75, 3.05) is 0 Å². The van der Waals surface area contributed by atoms with Gasteiger partial charge in [-0.1, -0.05) is 0 Å². The lowest BCUT2D eigenvalue weighted by atomic mass is 9.79. The zero-order valence-corrected chi connectivity index (χ0v) is 9.56. The molecule has 0 radical (unpaired) electrons. The third-order valence-electron chi connectivity index (χ3n) is 3.59. The Morgan fingerprint density at radius 3 is 3.00 bits per heavy atom. The Kier molecular flexibility index (Phi) is 2.10. The van der Waals surface area contributed by atoms with Gasteiger partial charge in [0.05, 0.1) is 5.57 Å². The molecule has 3 heterocycles. The monoisotopic (exact) mass is 248 g/mol. The van der Waals surface area contributed by atoms with Gasteiger partial charge in [-0.15, -0.1) is 0 Å². The van der Waals surface area contributed by atoms with Crippen LogP contribution in [0.25, 0.3) is 0 Å². The Morgan fingerprint density at radius 2 is 2.28 bits per heavy atom. The number of carbonyl (C=O) groups excluding carboxylic acids is 3. The predicted octanol–water partition coefficient (Wildman–Crippen LogP) is -0.493. The maximum atomic E-state index is 11.8. The van der Waals surface area contributed by atoms with Gasteiger partial charge in [0.25, 0.3) is 5.91 Å². The van der Waals surface area contributed by atoms with Gasteiger partial charge >= 0.3 is 0 Å². The maximum absolute atomic E-state index is 11.8. The van der Waals surface area contributed by atoms with E-state index >= 15 is 0 Å². The van der Waals surface area contributed by atoms with Crippen LogP contribution in [0.2, 0.25) is 0 Å². The standard InChI is InChI=1S/C12H12N2O4/c13-7(15)2-1-4-12-5-3-6(18-12)8-9(12)11(17)14-10(8)16/h3,5,9H,1-2,4H2,(H2,13,15)(H,14,16,17). The molecular formula is C12H12N2O4. The molecule has 3 aliphatic heterocycles. The number of carbonyl (C=O) groups is 3. The Labute approximate surface area is 103 Å². The summed E-state index contributed by atoms with van der Waals surface area (Å²) in [6.45, 7) is 0. The molecule has 0 spiro atoms. The lowest BCUT2D eigenvalue weighted by molar-refractivity contribution is -0.128. The Balaban J connectivity index is 1.84. The van der Waals surface area contributed by atoms with Crippen molar-refractivity contribution >= 4 is 17.7 Å². The van der Waals surface area contributed by atoms with Crippen LogP contribution in [-0.4, -0.2) is 23.3 Å². The Hall–Kier alpha value is -2.11. The van der Waals surface area contributed by atoms with Crippen LogP contribution in [0.15, 0.2) is 23.5 Å². The second kappa shape index (κ2) is 3.44. The molecule has 0 aromatic heterocycles. The van der Waals surface area contributed by atoms with Gasteiger partial charge in [-0.05, 0) is 25.0 Å². The van der Waals surface area contributed by atoms with E-state index in [0.717, 1.165) is 0 Å². The molecule has 1 saturated heterocycles. The van der Waals surface area contributed by atoms with Gasteiger partial charge in [0.2, 0.25) is 11.8 Å². The molecule has 2 bridgehead atoms. The van der Waals surface area contributed by atoms with Crippen LogP contribution in [0.5, 0.6) is 0 Å². The van der Waals surface area contributed by atoms with E-state index in [2.05, 4.69) is 5.32 Å². The third-order valence-corrected chi connectivity index (χ3v) is 3.59. The number of nitrogens with two attached hydrogens (primary N) is 1. The summed E-state index contributed by atoms with van der Waals surface area (Å²) >= 11 is 0. The number of nitrogens with one attached hydrogen (secondary N) is 1. The second-order valence-corrected chi connectivity index (χ2v) is 4.74. The minimum Gasteiger partial charge on any atom is -0.481 e. The average molecular weight is 248 g/mol. The Morgan fingerprint density at radius 1 is 1.50 bits per heavy atom. The van der Waals surface area contributed by atoms with Crippen LogP contribution in [0, 0.1) is 5.92 Å². The van der Waals surface area contributed by atoms with Crippen LogP contribution in [0.1, 0.15) is 19.3 Å². The van der Waals surface area contributed by atoms with E-state index in [9.17, 15) is 14.4 Å². The normalized spacial score (nSPS) is 31.7. The van der Waals surface area contributed by atoms with Crippen LogP contribution in [-0.2, 0) is 19.1 Å². The number of hydrogen-bond donors (Lipinski definition) is 2. The quantitative estimate of drug-likeness (QED) is 0.656. The van der Waals surface area contributed by atoms with Crippen LogP contribution < -0.4 is 11.1 Å². The van der Waals surface area contributed by atoms with Crippen LogP contribution in [0.3, 0.4) is 0 Å². The van der Waals surface area contributed by atoms with E-state index in [0.29, 0.717) is 24.2 Å². The molecule has 3 aliphatic rings. The lowest BCUT2D eigenvalue weighted by Crippen LogP contribution is -2.39. The molecule has 18 heavy (non-hydrogen) atoms. The van der Waals surface area contributed by atoms with Crippen LogP contribution in [0.4, 0.5) is 0 Å². The van der Waals surface area contributed by atoms with E-state index in [1.165, 1.54) is 0 Å². The average Bonchev–Trinajstić information content (AvgIpc) is 2.90. The number of allylic oxidation sites excluding steroid dienone is 1. The summed E-state index contributed by atoms with van der Waals surface area (Å²) in [6, 6.07) is 0. The highest BCUT2D eigenvalue weighted by Gasteiger charge is 2.59. The molecule has 2 atom stereocenters. The number of rotatable bonds is 4. The molecule has 3 amide bonds. The molecule has 2 unspecified atom stereocenters. The van der Waals surface area contributed by atoms with Crippen LogP contribution >= 0.6 is 0 Å². The van der Waals surface area contributed by atoms with Crippen molar-refractivity contribution in [2.45, 2.75) is 24.9 Å². The van der Waals surface area contributed by atoms with Crippen molar-refractivity contribution < 1.29 is 19.1 Å². The molecule has 6 heteroatoms. The zero-order chi connectivity index (χ0) is 12.9. The zero-order valence-electron chi connectivity index (χ0n) is 9.56. The van der Waals surface area contributed by atoms with Gasteiger partial charge in [-0.2, -0.15) is 0 Å². The van der Waals surface area contributed by atoms with Crippen molar-refractivity contribution in [2.24, 2.45) is 11.7 Å². The van der Waals surface area contributed by atoms with Gasteiger partial charge in [-0.25, -0.2) is 0 Å². The summed E-state index contributed by atoms with van der Waals surface area (Å²) in [7, 11) is 0. The smallest absolute Gasteiger partial charge is 0.258 e. The summed E-state index contributed by atoms with van der Waals surface area (Å²) in [5.74, 6) is -1.18. The molecule has 0 saturated carbocycles. The molecule has 1 fully saturated rings. The first-order valence-corrected chi connectivity index (χ1v) is 5.79. The van der Waals surface area contributed by atoms with Gasteiger partial charge in [0.15, 0.2) is 0 Å². The first-order valence-electron chi connectivity index (χ1n) is 5.79. The number of imide groups is 1. The summed E-state index contributed by atoms with van der Waals surface area (Å²) in [6.07, 6.45) is 4.78. The van der Waals surface area contributed by atoms with Crippen molar-refractivity contribution in [1.82, 2.24) is 5.32 Å². The molecule has 3 N–H and O–H groups in total. The molecule has 3 rings (SSSR count). The van der Waals surface area contributed by atoms with Gasteiger partial charge < -0.3 is 10.5 Å². The SMILES string of the molecule is NC(=O)CCCC12C=CC(=C3C(=O)NC(=O)C31)O2. The van der Waals surface area contributed by atoms with E-state index < -0.39 is 11.5 Å². The van der Waals surface area contributed by atoms with Gasteiger partial charge in [0.1, 0.15) is 17.3 Å². The highest BCUT2D eigenvalue weighted by atomic mass is 16.5. The molecule has 6 nitrogen and oxygen atoms in total. The number of primary amides is 1. The molecule has 0 aromatic carbocycles. The van der Waals surface area contributed by atoms with Crippen molar-refractivity contribution in [1.29, 1.82) is 0 Å². The third kappa shape index (κ3) is 1.32. The summed E-state index contributed by atoms with van der Waals surface area (Å²) < 4.78 is 5.68. The van der Waals surface area contributed by atoms with E-state index in [1.54, 1.807) is 12.2 Å². The first kappa shape index (κ1) is 11.0. The first-order chi connectivity index (χ1) is 8.53. The highest BCUT2D eigenvalue weighted by molar-refractivity contribution is 6.17. The summed E-state index contributed by atoms with van der Waals surface area (Å²) in [5, 5.41) is 2.30. The van der Waals surface area contributed by atoms with Crippen molar-refractivity contribution in [3.8, 4) is 0 Å². The fourth-order valence-electron chi connectivity index (χ4n) is 2.84. The molecule has 0 aromatic rings. The van der Waals surface area contributed by atoms with Gasteiger partial charge in [0, 0.05) is 6.42 Å². The van der Waals surface area contributed by atoms with Crippen molar-refractivity contribution in [3.05, 3.63) is 23.5 Å². The number of hydrogen-bond acceptors (Lipinski definition) is 4. The Bertz CT molecular complexity index is 534. The highest BCUT2D eigenvalue weighted by Crippen LogP contribution is 2.50. The van der Waals surface area contributed by atoms with Gasteiger partial charge in [-0.3, -0.25) is 19.7 Å². The minimum absolute atomic E-state index is 0.242. The number of amides is 3.